The van der Waals surface area contributed by atoms with E-state index >= 15 is 0 Å². The number of rotatable bonds is 3. The molecule has 0 N–H and O–H groups in total. The molecule has 1 heterocycles. The van der Waals surface area contributed by atoms with Gasteiger partial charge < -0.3 is 4.74 Å². The van der Waals surface area contributed by atoms with Gasteiger partial charge in [0.25, 0.3) is 0 Å². The van der Waals surface area contributed by atoms with Crippen LogP contribution in [0.3, 0.4) is 0 Å². The Balaban J connectivity index is 2.37. The van der Waals surface area contributed by atoms with E-state index in [1.165, 1.54) is 6.61 Å². The lowest BCUT2D eigenvalue weighted by Gasteiger charge is -1.96. The molecule has 0 bridgehead atoms. The summed E-state index contributed by atoms with van der Waals surface area (Å²) >= 11 is 1.56. The van der Waals surface area contributed by atoms with E-state index in [1.807, 2.05) is 17.5 Å². The summed E-state index contributed by atoms with van der Waals surface area (Å²) in [5.74, 6) is -0.199. The van der Waals surface area contributed by atoms with Crippen LogP contribution in [0.5, 0.6) is 0 Å². The first-order valence-corrected chi connectivity index (χ1v) is 4.20. The summed E-state index contributed by atoms with van der Waals surface area (Å²) in [5, 5.41) is 1.94. The highest BCUT2D eigenvalue weighted by Crippen LogP contribution is 2.09. The fourth-order valence-corrected chi connectivity index (χ4v) is 1.42. The highest BCUT2D eigenvalue weighted by atomic mass is 32.1. The van der Waals surface area contributed by atoms with Crippen molar-refractivity contribution in [1.29, 1.82) is 0 Å². The lowest BCUT2D eigenvalue weighted by molar-refractivity contribution is -0.139. The van der Waals surface area contributed by atoms with Crippen molar-refractivity contribution in [3.05, 3.63) is 29.0 Å². The lowest BCUT2D eigenvalue weighted by atomic mass is 10.3. The van der Waals surface area contributed by atoms with Crippen LogP contribution in [-0.4, -0.2) is 5.97 Å². The van der Waals surface area contributed by atoms with Crippen LogP contribution < -0.4 is 0 Å². The molecule has 0 amide bonds. The maximum absolute atomic E-state index is 10.9. The van der Waals surface area contributed by atoms with Gasteiger partial charge in [0.2, 0.25) is 0 Å². The van der Waals surface area contributed by atoms with Crippen molar-refractivity contribution in [2.75, 3.05) is 0 Å². The fourth-order valence-electron chi connectivity index (χ4n) is 0.729. The van der Waals surface area contributed by atoms with E-state index in [4.69, 9.17) is 0 Å². The molecule has 0 saturated heterocycles. The van der Waals surface area contributed by atoms with Crippen molar-refractivity contribution in [2.45, 2.75) is 13.3 Å². The molecule has 0 aliphatic heterocycles. The van der Waals surface area contributed by atoms with Crippen LogP contribution in [0.2, 0.25) is 0 Å². The molecule has 1 rings (SSSR count). The molecule has 0 unspecified atom stereocenters. The van der Waals surface area contributed by atoms with Crippen LogP contribution in [0.25, 0.3) is 0 Å². The highest BCUT2D eigenvalue weighted by molar-refractivity contribution is 7.10. The molecule has 0 aliphatic rings. The molecule has 1 aromatic rings. The zero-order valence-corrected chi connectivity index (χ0v) is 7.06. The van der Waals surface area contributed by atoms with Crippen molar-refractivity contribution in [3.8, 4) is 0 Å². The standard InChI is InChI=1S/C8H9O2S/c1-2-10-8(9)6-7-4-3-5-11-7/h2-5H,6H2,1H3. The first-order chi connectivity index (χ1) is 5.33. The van der Waals surface area contributed by atoms with E-state index in [2.05, 4.69) is 4.74 Å². The Bertz CT molecular complexity index is 216. The predicted octanol–water partition coefficient (Wildman–Crippen LogP) is 2.02. The second kappa shape index (κ2) is 4.13. The van der Waals surface area contributed by atoms with E-state index < -0.39 is 0 Å². The second-order valence-corrected chi connectivity index (χ2v) is 3.01. The average molecular weight is 169 g/mol. The minimum atomic E-state index is -0.199. The molecule has 1 radical (unpaired) electrons. The number of esters is 1. The molecular weight excluding hydrogens is 160 g/mol. The van der Waals surface area contributed by atoms with Crippen LogP contribution >= 0.6 is 11.3 Å². The summed E-state index contributed by atoms with van der Waals surface area (Å²) in [5.41, 5.74) is 0. The molecule has 2 nitrogen and oxygen atoms in total. The molecule has 1 aromatic heterocycles. The number of ether oxygens (including phenoxy) is 1. The second-order valence-electron chi connectivity index (χ2n) is 1.98. The maximum Gasteiger partial charge on any atom is 0.311 e. The van der Waals surface area contributed by atoms with Crippen molar-refractivity contribution in [1.82, 2.24) is 0 Å². The first-order valence-electron chi connectivity index (χ1n) is 3.32. The SMILES string of the molecule is C[CH]OC(=O)Cc1cccs1. The molecule has 0 aliphatic carbocycles. The normalized spacial score (nSPS) is 9.55. The predicted molar refractivity (Wildman–Crippen MR) is 44.1 cm³/mol. The van der Waals surface area contributed by atoms with Gasteiger partial charge in [0, 0.05) is 4.88 Å². The smallest absolute Gasteiger partial charge is 0.311 e. The molecule has 0 aromatic carbocycles. The summed E-state index contributed by atoms with van der Waals surface area (Å²) in [6.07, 6.45) is 0.377. The largest absolute Gasteiger partial charge is 0.458 e. The quantitative estimate of drug-likeness (QED) is 0.647. The summed E-state index contributed by atoms with van der Waals surface area (Å²) in [6.45, 7) is 3.09. The minimum Gasteiger partial charge on any atom is -0.458 e. The van der Waals surface area contributed by atoms with Gasteiger partial charge in [-0.25, -0.2) is 0 Å². The van der Waals surface area contributed by atoms with Crippen LogP contribution in [-0.2, 0) is 16.0 Å². The molecular formula is C8H9O2S. The summed E-state index contributed by atoms with van der Waals surface area (Å²) < 4.78 is 4.66. The first kappa shape index (κ1) is 8.27. The number of hydrogen-bond donors (Lipinski definition) is 0. The molecule has 0 atom stereocenters. The molecule has 0 fully saturated rings. The van der Waals surface area contributed by atoms with Crippen LogP contribution in [0, 0.1) is 6.61 Å². The lowest BCUT2D eigenvalue weighted by Crippen LogP contribution is -2.03. The zero-order chi connectivity index (χ0) is 8.10. The third kappa shape index (κ3) is 2.72. The number of hydrogen-bond acceptors (Lipinski definition) is 3. The molecule has 3 heteroatoms. The number of carbonyl (C=O) groups is 1. The Kier molecular flexibility index (Phi) is 3.11. The molecule has 0 spiro atoms. The number of carbonyl (C=O) groups excluding carboxylic acids is 1. The Hall–Kier alpha value is -0.830. The third-order valence-corrected chi connectivity index (χ3v) is 2.02. The summed E-state index contributed by atoms with van der Waals surface area (Å²) in [6, 6.07) is 3.84. The van der Waals surface area contributed by atoms with Crippen molar-refractivity contribution in [2.24, 2.45) is 0 Å². The van der Waals surface area contributed by atoms with Gasteiger partial charge in [-0.15, -0.1) is 11.3 Å². The monoisotopic (exact) mass is 169 g/mol. The van der Waals surface area contributed by atoms with E-state index in [-0.39, 0.29) is 5.97 Å². The van der Waals surface area contributed by atoms with Crippen molar-refractivity contribution in [3.63, 3.8) is 0 Å². The van der Waals surface area contributed by atoms with E-state index in [0.717, 1.165) is 4.88 Å². The minimum absolute atomic E-state index is 0.199. The Morgan fingerprint density at radius 3 is 3.18 bits per heavy atom. The van der Waals surface area contributed by atoms with E-state index in [0.29, 0.717) is 6.42 Å². The van der Waals surface area contributed by atoms with Crippen LogP contribution in [0.1, 0.15) is 11.8 Å². The number of thiophene rings is 1. The van der Waals surface area contributed by atoms with E-state index in [1.54, 1.807) is 18.3 Å². The van der Waals surface area contributed by atoms with E-state index in [9.17, 15) is 4.79 Å². The van der Waals surface area contributed by atoms with Gasteiger partial charge in [0.05, 0.1) is 6.42 Å². The third-order valence-electron chi connectivity index (χ3n) is 1.15. The van der Waals surface area contributed by atoms with Gasteiger partial charge in [0.15, 0.2) is 0 Å². The van der Waals surface area contributed by atoms with Gasteiger partial charge in [-0.05, 0) is 18.4 Å². The van der Waals surface area contributed by atoms with Crippen molar-refractivity contribution < 1.29 is 9.53 Å². The average Bonchev–Trinajstić information content (AvgIpc) is 2.40. The Morgan fingerprint density at radius 2 is 2.64 bits per heavy atom. The van der Waals surface area contributed by atoms with Gasteiger partial charge in [-0.3, -0.25) is 4.79 Å². The molecule has 0 saturated carbocycles. The summed E-state index contributed by atoms with van der Waals surface area (Å²) in [4.78, 5) is 11.9. The molecule has 59 valence electrons. The Morgan fingerprint density at radius 1 is 1.82 bits per heavy atom. The fraction of sp³-hybridized carbons (Fsp3) is 0.250. The topological polar surface area (TPSA) is 26.3 Å². The van der Waals surface area contributed by atoms with Crippen molar-refractivity contribution >= 4 is 17.3 Å². The Labute approximate surface area is 69.8 Å². The maximum atomic E-state index is 10.9. The van der Waals surface area contributed by atoms with Gasteiger partial charge in [-0.1, -0.05) is 6.07 Å². The van der Waals surface area contributed by atoms with Gasteiger partial charge in [-0.2, -0.15) is 0 Å². The van der Waals surface area contributed by atoms with Crippen LogP contribution in [0.4, 0.5) is 0 Å². The highest BCUT2D eigenvalue weighted by Gasteiger charge is 2.03. The summed E-state index contributed by atoms with van der Waals surface area (Å²) in [7, 11) is 0. The zero-order valence-electron chi connectivity index (χ0n) is 6.24. The van der Waals surface area contributed by atoms with Gasteiger partial charge >= 0.3 is 5.97 Å². The van der Waals surface area contributed by atoms with Crippen LogP contribution in [0.15, 0.2) is 17.5 Å². The van der Waals surface area contributed by atoms with Gasteiger partial charge in [0.1, 0.15) is 6.61 Å². The molecule has 11 heavy (non-hydrogen) atoms.